The molecule has 2 aliphatic rings. The van der Waals surface area contributed by atoms with Crippen LogP contribution in [0, 0.1) is 5.41 Å². The summed E-state index contributed by atoms with van der Waals surface area (Å²) in [7, 11) is 1.73. The number of carboxylic acid groups (broad SMARTS) is 1. The van der Waals surface area contributed by atoms with Crippen LogP contribution in [-0.4, -0.2) is 61.7 Å². The summed E-state index contributed by atoms with van der Waals surface area (Å²) in [5.41, 5.74) is 3.92. The van der Waals surface area contributed by atoms with Gasteiger partial charge in [0.2, 0.25) is 0 Å². The number of rotatable bonds is 5. The van der Waals surface area contributed by atoms with E-state index in [-0.39, 0.29) is 0 Å². The van der Waals surface area contributed by atoms with E-state index >= 15 is 0 Å². The number of aromatic nitrogens is 4. The Morgan fingerprint density at radius 1 is 1.23 bits per heavy atom. The van der Waals surface area contributed by atoms with Gasteiger partial charge in [0, 0.05) is 55.3 Å². The lowest BCUT2D eigenvalue weighted by Crippen LogP contribution is -2.28. The first kappa shape index (κ1) is 24.8. The summed E-state index contributed by atoms with van der Waals surface area (Å²) in [5.74, 6) is -0.638. The van der Waals surface area contributed by atoms with Gasteiger partial charge in [-0.3, -0.25) is 9.58 Å². The van der Waals surface area contributed by atoms with E-state index in [2.05, 4.69) is 39.8 Å². The fourth-order valence-corrected chi connectivity index (χ4v) is 4.88. The molecule has 188 valence electrons. The first-order valence-corrected chi connectivity index (χ1v) is 11.4. The van der Waals surface area contributed by atoms with Gasteiger partial charge in [0.15, 0.2) is 0 Å². The minimum absolute atomic E-state index is 0.307. The van der Waals surface area contributed by atoms with Crippen LogP contribution in [0.25, 0.3) is 11.3 Å². The van der Waals surface area contributed by atoms with Gasteiger partial charge in [-0.1, -0.05) is 12.1 Å². The molecule has 1 saturated heterocycles. The second kappa shape index (κ2) is 9.73. The summed E-state index contributed by atoms with van der Waals surface area (Å²) in [5, 5.41) is 11.5. The Hall–Kier alpha value is -3.34. The lowest BCUT2D eigenvalue weighted by atomic mass is 9.86. The number of ether oxygens (including phenoxy) is 1. The number of carbonyl (C=O) groups is 1. The molecule has 1 unspecified atom stereocenters. The Labute approximate surface area is 200 Å². The van der Waals surface area contributed by atoms with Crippen molar-refractivity contribution in [2.45, 2.75) is 45.6 Å². The number of carboxylic acids is 1. The van der Waals surface area contributed by atoms with Crippen molar-refractivity contribution in [3.8, 4) is 17.0 Å². The molecule has 2 aromatic heterocycles. The van der Waals surface area contributed by atoms with E-state index in [9.17, 15) is 13.2 Å². The molecule has 11 heteroatoms. The molecule has 0 bridgehead atoms. The van der Waals surface area contributed by atoms with Crippen molar-refractivity contribution in [2.75, 3.05) is 20.2 Å². The molecule has 1 aromatic carbocycles. The van der Waals surface area contributed by atoms with Gasteiger partial charge < -0.3 is 14.4 Å². The number of methoxy groups -OCH3 is 1. The fraction of sp³-hybridized carbons (Fsp3) is 0.458. The molecule has 0 aliphatic carbocycles. The number of hydrogen-bond donors (Lipinski definition) is 1. The Kier molecular flexibility index (Phi) is 6.88. The zero-order chi connectivity index (χ0) is 25.2. The molecule has 8 nitrogen and oxygen atoms in total. The van der Waals surface area contributed by atoms with E-state index in [1.54, 1.807) is 7.11 Å². The molecular formula is C24H28F3N5O3. The van der Waals surface area contributed by atoms with Crippen molar-refractivity contribution in [3.05, 3.63) is 54.2 Å². The van der Waals surface area contributed by atoms with Crippen molar-refractivity contribution in [3.63, 3.8) is 0 Å². The molecule has 5 rings (SSSR count). The van der Waals surface area contributed by atoms with E-state index in [1.807, 2.05) is 29.2 Å². The average molecular weight is 492 g/mol. The van der Waals surface area contributed by atoms with Gasteiger partial charge in [0.05, 0.1) is 25.2 Å². The third-order valence-corrected chi connectivity index (χ3v) is 6.52. The number of fused-ring (bicyclic) bond motifs is 1. The molecule has 0 amide bonds. The molecule has 4 heterocycles. The second-order valence-electron chi connectivity index (χ2n) is 8.99. The quantitative estimate of drug-likeness (QED) is 0.584. The molecule has 0 saturated carbocycles. The monoisotopic (exact) mass is 491 g/mol. The van der Waals surface area contributed by atoms with Crippen LogP contribution in [0.5, 0.6) is 5.75 Å². The lowest BCUT2D eigenvalue weighted by molar-refractivity contribution is -0.192. The predicted octanol–water partition coefficient (Wildman–Crippen LogP) is 3.86. The van der Waals surface area contributed by atoms with Gasteiger partial charge in [-0.2, -0.15) is 18.3 Å². The molecular weight excluding hydrogens is 463 g/mol. The van der Waals surface area contributed by atoms with Gasteiger partial charge in [0.25, 0.3) is 0 Å². The van der Waals surface area contributed by atoms with Crippen LogP contribution in [0.1, 0.15) is 24.7 Å². The highest BCUT2D eigenvalue weighted by Gasteiger charge is 2.44. The van der Waals surface area contributed by atoms with Crippen LogP contribution in [0.3, 0.4) is 0 Å². The number of imidazole rings is 1. The summed E-state index contributed by atoms with van der Waals surface area (Å²) in [6.07, 6.45) is 3.39. The summed E-state index contributed by atoms with van der Waals surface area (Å²) in [6.45, 7) is 7.35. The maximum absolute atomic E-state index is 10.6. The summed E-state index contributed by atoms with van der Waals surface area (Å²) in [6, 6.07) is 8.23. The third-order valence-electron chi connectivity index (χ3n) is 6.52. The largest absolute Gasteiger partial charge is 0.496 e. The minimum atomic E-state index is -5.08. The maximum atomic E-state index is 10.6. The lowest BCUT2D eigenvalue weighted by Gasteiger charge is -2.23. The van der Waals surface area contributed by atoms with Crippen LogP contribution < -0.4 is 4.74 Å². The molecule has 1 atom stereocenters. The molecule has 2 aliphatic heterocycles. The Bertz CT molecular complexity index is 1190. The summed E-state index contributed by atoms with van der Waals surface area (Å²) >= 11 is 0. The highest BCUT2D eigenvalue weighted by molar-refractivity contribution is 5.73. The van der Waals surface area contributed by atoms with E-state index < -0.39 is 12.1 Å². The smallest absolute Gasteiger partial charge is 0.490 e. The predicted molar refractivity (Wildman–Crippen MR) is 122 cm³/mol. The highest BCUT2D eigenvalue weighted by atomic mass is 19.4. The maximum Gasteiger partial charge on any atom is 0.490 e. The first-order chi connectivity index (χ1) is 16.6. The zero-order valence-corrected chi connectivity index (χ0v) is 19.6. The van der Waals surface area contributed by atoms with Gasteiger partial charge in [-0.25, -0.2) is 9.78 Å². The van der Waals surface area contributed by atoms with Crippen molar-refractivity contribution in [1.29, 1.82) is 0 Å². The standard InChI is InChI=1S/C22H27N5O.C2HF3O2/c1-3-26-14-17(11-24-26)13-25-9-8-22(15-25)10-21-23-12-19(27(21)16-22)18-6-4-5-7-20(18)28-2;3-2(4,5)1(6)7/h4-7,11-12,14H,3,8-10,13,15-16H2,1-2H3;(H,6,7). The normalized spacial score (nSPS) is 19.5. The third kappa shape index (κ3) is 5.34. The SMILES string of the molecule is CCn1cc(CN2CCC3(Cc4ncc(-c5ccccc5OC)n4C3)C2)cn1.O=C(O)C(F)(F)F. The van der Waals surface area contributed by atoms with Crippen molar-refractivity contribution < 1.29 is 27.8 Å². The minimum Gasteiger partial charge on any atom is -0.496 e. The molecule has 3 aromatic rings. The van der Waals surface area contributed by atoms with E-state index in [0.29, 0.717) is 5.41 Å². The Balaban J connectivity index is 0.000000364. The molecule has 35 heavy (non-hydrogen) atoms. The number of alkyl halides is 3. The number of aliphatic carboxylic acids is 1. The average Bonchev–Trinajstić information content (AvgIpc) is 3.59. The van der Waals surface area contributed by atoms with Crippen LogP contribution in [0.2, 0.25) is 0 Å². The summed E-state index contributed by atoms with van der Waals surface area (Å²) < 4.78 is 41.7. The first-order valence-electron chi connectivity index (χ1n) is 11.4. The second-order valence-corrected chi connectivity index (χ2v) is 8.99. The highest BCUT2D eigenvalue weighted by Crippen LogP contribution is 2.43. The number of para-hydroxylation sites is 1. The topological polar surface area (TPSA) is 85.4 Å². The number of nitrogens with zero attached hydrogens (tertiary/aromatic N) is 5. The molecule has 1 spiro atoms. The van der Waals surface area contributed by atoms with Crippen molar-refractivity contribution in [2.24, 2.45) is 5.41 Å². The molecule has 0 radical (unpaired) electrons. The van der Waals surface area contributed by atoms with Crippen LogP contribution in [0.4, 0.5) is 13.2 Å². The van der Waals surface area contributed by atoms with Crippen molar-refractivity contribution >= 4 is 5.97 Å². The van der Waals surface area contributed by atoms with Gasteiger partial charge in [-0.15, -0.1) is 0 Å². The van der Waals surface area contributed by atoms with E-state index in [4.69, 9.17) is 19.6 Å². The van der Waals surface area contributed by atoms with Crippen LogP contribution in [0.15, 0.2) is 42.9 Å². The number of halogens is 3. The fourth-order valence-electron chi connectivity index (χ4n) is 4.88. The van der Waals surface area contributed by atoms with Gasteiger partial charge >= 0.3 is 12.1 Å². The van der Waals surface area contributed by atoms with Gasteiger partial charge in [-0.05, 0) is 32.0 Å². The Morgan fingerprint density at radius 2 is 1.97 bits per heavy atom. The number of benzene rings is 1. The molecule has 1 fully saturated rings. The van der Waals surface area contributed by atoms with E-state index in [0.717, 1.165) is 50.5 Å². The number of likely N-dealkylation sites (tertiary alicyclic amines) is 1. The zero-order valence-electron chi connectivity index (χ0n) is 19.6. The van der Waals surface area contributed by atoms with Crippen LogP contribution in [-0.2, 0) is 30.8 Å². The van der Waals surface area contributed by atoms with Gasteiger partial charge in [0.1, 0.15) is 11.6 Å². The van der Waals surface area contributed by atoms with E-state index in [1.165, 1.54) is 23.5 Å². The van der Waals surface area contributed by atoms with Crippen LogP contribution >= 0.6 is 0 Å². The van der Waals surface area contributed by atoms with Crippen molar-refractivity contribution in [1.82, 2.24) is 24.2 Å². The number of aryl methyl sites for hydroxylation is 1. The Morgan fingerprint density at radius 3 is 2.63 bits per heavy atom. The number of hydrogen-bond acceptors (Lipinski definition) is 5. The molecule has 1 N–H and O–H groups in total. The summed E-state index contributed by atoms with van der Waals surface area (Å²) in [4.78, 5) is 16.2.